The summed E-state index contributed by atoms with van der Waals surface area (Å²) in [6, 6.07) is 10.0. The number of aromatic nitrogens is 1. The molecule has 8 heteroatoms. The van der Waals surface area contributed by atoms with Crippen molar-refractivity contribution in [3.63, 3.8) is 0 Å². The van der Waals surface area contributed by atoms with Crippen molar-refractivity contribution in [2.45, 2.75) is 32.6 Å². The van der Waals surface area contributed by atoms with E-state index in [4.69, 9.17) is 4.74 Å². The van der Waals surface area contributed by atoms with Crippen molar-refractivity contribution < 1.29 is 17.9 Å². The Morgan fingerprint density at radius 1 is 1.15 bits per heavy atom. The maximum atomic E-state index is 12.0. The van der Waals surface area contributed by atoms with E-state index in [-0.39, 0.29) is 0 Å². The van der Waals surface area contributed by atoms with Crippen LogP contribution in [0.3, 0.4) is 0 Å². The van der Waals surface area contributed by atoms with Gasteiger partial charge in [0, 0.05) is 24.9 Å². The van der Waals surface area contributed by atoms with Crippen molar-refractivity contribution in [2.75, 3.05) is 26.0 Å². The highest BCUT2D eigenvalue weighted by Crippen LogP contribution is 2.14. The first-order chi connectivity index (χ1) is 12.9. The van der Waals surface area contributed by atoms with E-state index in [0.29, 0.717) is 38.2 Å². The van der Waals surface area contributed by atoms with Crippen molar-refractivity contribution in [3.05, 3.63) is 52.0 Å². The molecule has 0 amide bonds. The molecule has 0 aliphatic heterocycles. The molecule has 2 rings (SSSR count). The van der Waals surface area contributed by atoms with Gasteiger partial charge in [-0.1, -0.05) is 30.3 Å². The van der Waals surface area contributed by atoms with Gasteiger partial charge in [-0.25, -0.2) is 22.5 Å². The first kappa shape index (κ1) is 21.5. The summed E-state index contributed by atoms with van der Waals surface area (Å²) in [5, 5.41) is 2.50. The molecule has 0 fully saturated rings. The van der Waals surface area contributed by atoms with E-state index in [2.05, 4.69) is 4.98 Å². The quantitative estimate of drug-likeness (QED) is 0.532. The van der Waals surface area contributed by atoms with Crippen molar-refractivity contribution in [1.82, 2.24) is 9.29 Å². The third kappa shape index (κ3) is 7.40. The van der Waals surface area contributed by atoms with Crippen LogP contribution in [0.2, 0.25) is 0 Å². The zero-order valence-electron chi connectivity index (χ0n) is 15.8. The molecule has 27 heavy (non-hydrogen) atoms. The third-order valence-electron chi connectivity index (χ3n) is 4.02. The first-order valence-electron chi connectivity index (χ1n) is 9.00. The van der Waals surface area contributed by atoms with E-state index in [9.17, 15) is 13.2 Å². The number of nitrogens with zero attached hydrogens (tertiary/aromatic N) is 2. The summed E-state index contributed by atoms with van der Waals surface area (Å²) in [6.45, 7) is 3.02. The summed E-state index contributed by atoms with van der Waals surface area (Å²) in [7, 11) is -3.25. The molecule has 0 aliphatic rings. The maximum absolute atomic E-state index is 12.0. The number of carbonyl (C=O) groups excluding carboxylic acids is 1. The Kier molecular flexibility index (Phi) is 8.40. The molecule has 1 aromatic carbocycles. The van der Waals surface area contributed by atoms with Crippen LogP contribution in [-0.2, 0) is 27.6 Å². The normalized spacial score (nSPS) is 11.7. The van der Waals surface area contributed by atoms with Crippen LogP contribution in [0.15, 0.2) is 35.7 Å². The van der Waals surface area contributed by atoms with Crippen molar-refractivity contribution in [2.24, 2.45) is 0 Å². The Bertz CT molecular complexity index is 819. The van der Waals surface area contributed by atoms with Crippen LogP contribution in [0.25, 0.3) is 0 Å². The second kappa shape index (κ2) is 10.5. The zero-order chi connectivity index (χ0) is 19.7. The smallest absolute Gasteiger partial charge is 0.357 e. The van der Waals surface area contributed by atoms with Gasteiger partial charge in [-0.15, -0.1) is 11.3 Å². The van der Waals surface area contributed by atoms with E-state index >= 15 is 0 Å². The van der Waals surface area contributed by atoms with Gasteiger partial charge in [-0.2, -0.15) is 0 Å². The molecule has 0 saturated heterocycles. The number of benzene rings is 1. The number of sulfonamides is 1. The second-order valence-electron chi connectivity index (χ2n) is 6.20. The van der Waals surface area contributed by atoms with Gasteiger partial charge in [0.1, 0.15) is 0 Å². The second-order valence-corrected chi connectivity index (χ2v) is 9.13. The van der Waals surface area contributed by atoms with Gasteiger partial charge in [-0.3, -0.25) is 0 Å². The van der Waals surface area contributed by atoms with Gasteiger partial charge in [0.25, 0.3) is 0 Å². The van der Waals surface area contributed by atoms with E-state index < -0.39 is 16.0 Å². The van der Waals surface area contributed by atoms with Crippen LogP contribution in [0.5, 0.6) is 0 Å². The average Bonchev–Trinajstić information content (AvgIpc) is 3.10. The predicted octanol–water partition coefficient (Wildman–Crippen LogP) is 3.15. The summed E-state index contributed by atoms with van der Waals surface area (Å²) in [5.74, 6) is -0.418. The summed E-state index contributed by atoms with van der Waals surface area (Å²) in [4.78, 5) is 15.9. The number of carbonyl (C=O) groups is 1. The summed E-state index contributed by atoms with van der Waals surface area (Å²) in [6.07, 6.45) is 4.17. The van der Waals surface area contributed by atoms with Crippen molar-refractivity contribution in [3.8, 4) is 0 Å². The fraction of sp³-hybridized carbons (Fsp3) is 0.474. The number of ether oxygens (including phenoxy) is 1. The maximum Gasteiger partial charge on any atom is 0.357 e. The molecular weight excluding hydrogens is 384 g/mol. The Morgan fingerprint density at radius 3 is 2.44 bits per heavy atom. The summed E-state index contributed by atoms with van der Waals surface area (Å²) < 4.78 is 30.5. The molecule has 0 aliphatic carbocycles. The van der Waals surface area contributed by atoms with Crippen molar-refractivity contribution in [1.29, 1.82) is 0 Å². The molecule has 0 bridgehead atoms. The van der Waals surface area contributed by atoms with Gasteiger partial charge in [-0.05, 0) is 31.7 Å². The number of aryl methyl sites for hydroxylation is 2. The average molecular weight is 411 g/mol. The molecule has 0 radical (unpaired) electrons. The molecule has 148 valence electrons. The van der Waals surface area contributed by atoms with Gasteiger partial charge >= 0.3 is 5.97 Å². The third-order valence-corrected chi connectivity index (χ3v) is 6.23. The lowest BCUT2D eigenvalue weighted by molar-refractivity contribution is 0.0520. The molecule has 0 saturated carbocycles. The molecule has 1 heterocycles. The Balaban J connectivity index is 1.81. The highest BCUT2D eigenvalue weighted by molar-refractivity contribution is 7.88. The minimum Gasteiger partial charge on any atom is -0.461 e. The summed E-state index contributed by atoms with van der Waals surface area (Å²) >= 11 is 1.40. The monoisotopic (exact) mass is 410 g/mol. The Hall–Kier alpha value is -1.77. The highest BCUT2D eigenvalue weighted by atomic mass is 32.2. The molecule has 1 aromatic heterocycles. The lowest BCUT2D eigenvalue weighted by atomic mass is 10.1. The van der Waals surface area contributed by atoms with Crippen LogP contribution in [0, 0.1) is 0 Å². The van der Waals surface area contributed by atoms with Gasteiger partial charge in [0.2, 0.25) is 10.0 Å². The van der Waals surface area contributed by atoms with E-state index in [1.165, 1.54) is 27.5 Å². The minimum absolute atomic E-state index is 0.317. The molecule has 0 spiro atoms. The van der Waals surface area contributed by atoms with E-state index in [0.717, 1.165) is 17.8 Å². The molecule has 2 aromatic rings. The Labute approximate surface area is 165 Å². The summed E-state index contributed by atoms with van der Waals surface area (Å²) in [5.41, 5.74) is 1.53. The van der Waals surface area contributed by atoms with Crippen LogP contribution < -0.4 is 0 Å². The fourth-order valence-corrected chi connectivity index (χ4v) is 4.41. The van der Waals surface area contributed by atoms with E-state index in [1.54, 1.807) is 12.3 Å². The number of hydrogen-bond acceptors (Lipinski definition) is 6. The number of rotatable bonds is 11. The topological polar surface area (TPSA) is 76.6 Å². The van der Waals surface area contributed by atoms with Gasteiger partial charge < -0.3 is 4.74 Å². The van der Waals surface area contributed by atoms with Crippen LogP contribution in [0.1, 0.15) is 40.8 Å². The van der Waals surface area contributed by atoms with Gasteiger partial charge in [0.15, 0.2) is 5.69 Å². The van der Waals surface area contributed by atoms with Crippen LogP contribution in [0.4, 0.5) is 0 Å². The first-order valence-corrected chi connectivity index (χ1v) is 11.7. The molecule has 6 nitrogen and oxygen atoms in total. The molecule has 0 atom stereocenters. The minimum atomic E-state index is -3.25. The lowest BCUT2D eigenvalue weighted by Crippen LogP contribution is -2.32. The van der Waals surface area contributed by atoms with Crippen LogP contribution >= 0.6 is 11.3 Å². The predicted molar refractivity (Wildman–Crippen MR) is 108 cm³/mol. The molecule has 0 N–H and O–H groups in total. The number of hydrogen-bond donors (Lipinski definition) is 0. The molecular formula is C19H26N2O4S2. The SMILES string of the molecule is CCOC(=O)c1csc(CCCN(CCCc2ccccc2)S(C)(=O)=O)n1. The van der Waals surface area contributed by atoms with Crippen molar-refractivity contribution >= 4 is 27.3 Å². The van der Waals surface area contributed by atoms with E-state index in [1.807, 2.05) is 30.3 Å². The van der Waals surface area contributed by atoms with Crippen LogP contribution in [-0.4, -0.2) is 49.6 Å². The van der Waals surface area contributed by atoms with Gasteiger partial charge in [0.05, 0.1) is 17.9 Å². The number of esters is 1. The lowest BCUT2D eigenvalue weighted by Gasteiger charge is -2.19. The molecule has 0 unspecified atom stereocenters. The zero-order valence-corrected chi connectivity index (χ0v) is 17.4. The number of thiazole rings is 1. The Morgan fingerprint density at radius 2 is 1.81 bits per heavy atom. The largest absolute Gasteiger partial charge is 0.461 e. The fourth-order valence-electron chi connectivity index (χ4n) is 2.68. The standard InChI is InChI=1S/C19H26N2O4S2/c1-3-25-19(22)17-15-26-18(20-17)12-8-14-21(27(2,23)24)13-7-11-16-9-5-4-6-10-16/h4-6,9-10,15H,3,7-8,11-14H2,1-2H3. The highest BCUT2D eigenvalue weighted by Gasteiger charge is 2.17.